The number of hydrogen-bond donors (Lipinski definition) is 2. The third-order valence-corrected chi connectivity index (χ3v) is 7.34. The summed E-state index contributed by atoms with van der Waals surface area (Å²) < 4.78 is 26.5. The molecule has 2 N–H and O–H groups in total. The Labute approximate surface area is 244 Å². The maximum atomic E-state index is 14.2. The van der Waals surface area contributed by atoms with E-state index in [2.05, 4.69) is 10.6 Å². The second-order valence-electron chi connectivity index (χ2n) is 10.3. The van der Waals surface area contributed by atoms with Crippen LogP contribution < -0.4 is 20.1 Å². The third-order valence-electron chi connectivity index (χ3n) is 7.34. The molecule has 5 nitrogen and oxygen atoms in total. The Morgan fingerprint density at radius 3 is 1.86 bits per heavy atom. The van der Waals surface area contributed by atoms with Crippen molar-refractivity contribution in [2.45, 2.75) is 31.7 Å². The zero-order chi connectivity index (χ0) is 28.7. The fourth-order valence-corrected chi connectivity index (χ4v) is 5.28. The number of ether oxygens (including phenoxy) is 2. The lowest BCUT2D eigenvalue weighted by Crippen LogP contribution is -2.40. The first kappa shape index (κ1) is 27.1. The molecule has 2 unspecified atom stereocenters. The van der Waals surface area contributed by atoms with E-state index in [4.69, 9.17) is 9.47 Å². The minimum Gasteiger partial charge on any atom is -0.489 e. The van der Waals surface area contributed by atoms with Crippen LogP contribution >= 0.6 is 0 Å². The van der Waals surface area contributed by atoms with Crippen molar-refractivity contribution < 1.29 is 18.7 Å². The predicted octanol–water partition coefficient (Wildman–Crippen LogP) is 7.23. The molecule has 0 aliphatic carbocycles. The number of amides is 1. The fraction of sp³-hybridized carbons (Fsp3) is 0.139. The second-order valence-corrected chi connectivity index (χ2v) is 10.3. The van der Waals surface area contributed by atoms with Gasteiger partial charge in [-0.2, -0.15) is 0 Å². The van der Waals surface area contributed by atoms with Gasteiger partial charge in [0.1, 0.15) is 36.6 Å². The molecular formula is C36H31FN2O3. The summed E-state index contributed by atoms with van der Waals surface area (Å²) in [5.74, 6) is 0.480. The number of carbonyl (C=O) groups is 1. The summed E-state index contributed by atoms with van der Waals surface area (Å²) in [6, 6.07) is 39.4. The van der Waals surface area contributed by atoms with Crippen LogP contribution in [0.5, 0.6) is 11.5 Å². The summed E-state index contributed by atoms with van der Waals surface area (Å²) >= 11 is 0. The molecule has 0 radical (unpaired) electrons. The molecule has 0 saturated carbocycles. The van der Waals surface area contributed by atoms with Crippen LogP contribution in [0.25, 0.3) is 0 Å². The number of rotatable bonds is 10. The number of hydrogen-bond acceptors (Lipinski definition) is 4. The largest absolute Gasteiger partial charge is 0.489 e. The quantitative estimate of drug-likeness (QED) is 0.190. The SMILES string of the molecule is O=C(NCc1cc(OCc2ccccc2)cc(OCc2ccccc2)c1)C1Nc2ccc(F)cc2C1c1ccccc1. The molecule has 1 heterocycles. The Morgan fingerprint density at radius 2 is 1.26 bits per heavy atom. The lowest BCUT2D eigenvalue weighted by Gasteiger charge is -2.21. The number of benzene rings is 5. The van der Waals surface area contributed by atoms with Gasteiger partial charge in [-0.1, -0.05) is 91.0 Å². The van der Waals surface area contributed by atoms with Gasteiger partial charge < -0.3 is 20.1 Å². The minimum absolute atomic E-state index is 0.178. The average molecular weight is 559 g/mol. The van der Waals surface area contributed by atoms with Gasteiger partial charge in [-0.05, 0) is 58.1 Å². The molecule has 0 saturated heterocycles. The van der Waals surface area contributed by atoms with E-state index in [0.717, 1.165) is 33.5 Å². The maximum Gasteiger partial charge on any atom is 0.243 e. The fourth-order valence-electron chi connectivity index (χ4n) is 5.28. The van der Waals surface area contributed by atoms with Crippen LogP contribution in [0.1, 0.15) is 33.7 Å². The van der Waals surface area contributed by atoms with E-state index >= 15 is 0 Å². The molecule has 0 spiro atoms. The van der Waals surface area contributed by atoms with Crippen molar-refractivity contribution in [2.24, 2.45) is 0 Å². The molecule has 6 rings (SSSR count). The first-order valence-corrected chi connectivity index (χ1v) is 14.0. The van der Waals surface area contributed by atoms with E-state index < -0.39 is 6.04 Å². The number of nitrogens with one attached hydrogen (secondary N) is 2. The second kappa shape index (κ2) is 12.6. The van der Waals surface area contributed by atoms with Gasteiger partial charge in [0.05, 0.1) is 0 Å². The highest BCUT2D eigenvalue weighted by Gasteiger charge is 2.38. The van der Waals surface area contributed by atoms with E-state index in [0.29, 0.717) is 24.7 Å². The molecule has 1 aliphatic rings. The standard InChI is InChI=1S/C36H31FN2O3/c37-29-16-17-33-32(20-29)34(28-14-8-3-9-15-28)35(39-33)36(40)38-22-27-18-30(41-23-25-10-4-1-5-11-25)21-31(19-27)42-24-26-12-6-2-7-13-26/h1-21,34-35,39H,22-24H2,(H,38,40). The Bertz CT molecular complexity index is 1580. The van der Waals surface area contributed by atoms with Gasteiger partial charge in [-0.25, -0.2) is 4.39 Å². The molecular weight excluding hydrogens is 527 g/mol. The molecule has 5 aromatic carbocycles. The van der Waals surface area contributed by atoms with Gasteiger partial charge in [-0.3, -0.25) is 4.79 Å². The first-order valence-electron chi connectivity index (χ1n) is 14.0. The van der Waals surface area contributed by atoms with E-state index in [-0.39, 0.29) is 24.2 Å². The Hall–Kier alpha value is -5.10. The third kappa shape index (κ3) is 6.44. The lowest BCUT2D eigenvalue weighted by atomic mass is 9.87. The molecule has 6 heteroatoms. The van der Waals surface area contributed by atoms with Gasteiger partial charge in [0.25, 0.3) is 0 Å². The molecule has 5 aromatic rings. The first-order chi connectivity index (χ1) is 20.6. The van der Waals surface area contributed by atoms with Crippen molar-refractivity contribution in [2.75, 3.05) is 5.32 Å². The van der Waals surface area contributed by atoms with Gasteiger partial charge in [-0.15, -0.1) is 0 Å². The van der Waals surface area contributed by atoms with Crippen molar-refractivity contribution in [1.82, 2.24) is 5.32 Å². The van der Waals surface area contributed by atoms with Crippen LogP contribution in [0.4, 0.5) is 10.1 Å². The monoisotopic (exact) mass is 558 g/mol. The zero-order valence-electron chi connectivity index (χ0n) is 23.0. The summed E-state index contributed by atoms with van der Waals surface area (Å²) in [5.41, 5.74) is 5.43. The number of fused-ring (bicyclic) bond motifs is 1. The normalized spacial score (nSPS) is 15.4. The molecule has 42 heavy (non-hydrogen) atoms. The number of carbonyl (C=O) groups excluding carboxylic acids is 1. The molecule has 1 amide bonds. The zero-order valence-corrected chi connectivity index (χ0v) is 23.0. The van der Waals surface area contributed by atoms with Gasteiger partial charge >= 0.3 is 0 Å². The smallest absolute Gasteiger partial charge is 0.243 e. The molecule has 2 atom stereocenters. The van der Waals surface area contributed by atoms with Gasteiger partial charge in [0.2, 0.25) is 5.91 Å². The average Bonchev–Trinajstić information content (AvgIpc) is 3.42. The maximum absolute atomic E-state index is 14.2. The predicted molar refractivity (Wildman–Crippen MR) is 162 cm³/mol. The van der Waals surface area contributed by atoms with Crippen molar-refractivity contribution >= 4 is 11.6 Å². The van der Waals surface area contributed by atoms with Gasteiger partial charge in [0, 0.05) is 24.2 Å². The van der Waals surface area contributed by atoms with Crippen LogP contribution in [-0.2, 0) is 24.6 Å². The molecule has 210 valence electrons. The van der Waals surface area contributed by atoms with Crippen LogP contribution in [-0.4, -0.2) is 11.9 Å². The molecule has 1 aliphatic heterocycles. The van der Waals surface area contributed by atoms with E-state index in [9.17, 15) is 9.18 Å². The summed E-state index contributed by atoms with van der Waals surface area (Å²) in [5, 5.41) is 6.40. The van der Waals surface area contributed by atoms with Crippen LogP contribution in [0.3, 0.4) is 0 Å². The van der Waals surface area contributed by atoms with Crippen LogP contribution in [0.2, 0.25) is 0 Å². The van der Waals surface area contributed by atoms with Crippen molar-refractivity contribution in [3.63, 3.8) is 0 Å². The molecule has 0 bridgehead atoms. The highest BCUT2D eigenvalue weighted by molar-refractivity contribution is 5.89. The van der Waals surface area contributed by atoms with E-state index in [1.807, 2.05) is 109 Å². The van der Waals surface area contributed by atoms with Crippen LogP contribution in [0, 0.1) is 5.82 Å². The highest BCUT2D eigenvalue weighted by Crippen LogP contribution is 2.41. The summed E-state index contributed by atoms with van der Waals surface area (Å²) in [6.07, 6.45) is 0. The molecule has 0 aromatic heterocycles. The summed E-state index contributed by atoms with van der Waals surface area (Å²) in [7, 11) is 0. The minimum atomic E-state index is -0.587. The highest BCUT2D eigenvalue weighted by atomic mass is 19.1. The van der Waals surface area contributed by atoms with E-state index in [1.165, 1.54) is 12.1 Å². The van der Waals surface area contributed by atoms with Gasteiger partial charge in [0.15, 0.2) is 0 Å². The lowest BCUT2D eigenvalue weighted by molar-refractivity contribution is -0.122. The summed E-state index contributed by atoms with van der Waals surface area (Å²) in [4.78, 5) is 13.6. The molecule has 0 fully saturated rings. The van der Waals surface area contributed by atoms with Crippen LogP contribution in [0.15, 0.2) is 127 Å². The topological polar surface area (TPSA) is 59.6 Å². The number of halogens is 1. The Balaban J connectivity index is 1.20. The summed E-state index contributed by atoms with van der Waals surface area (Å²) in [6.45, 7) is 1.09. The van der Waals surface area contributed by atoms with E-state index in [1.54, 1.807) is 6.07 Å². The van der Waals surface area contributed by atoms with Crippen molar-refractivity contribution in [1.29, 1.82) is 0 Å². The number of anilines is 1. The van der Waals surface area contributed by atoms with Crippen molar-refractivity contribution in [3.05, 3.63) is 161 Å². The Kier molecular flexibility index (Phi) is 8.13. The Morgan fingerprint density at radius 1 is 0.690 bits per heavy atom. The van der Waals surface area contributed by atoms with Crippen molar-refractivity contribution in [3.8, 4) is 11.5 Å².